The molecule has 5 nitrogen and oxygen atoms in total. The molecule has 114 valence electrons. The first-order valence-electron chi connectivity index (χ1n) is 6.85. The lowest BCUT2D eigenvalue weighted by atomic mass is 10.2. The third-order valence-corrected chi connectivity index (χ3v) is 2.84. The van der Waals surface area contributed by atoms with Crippen LogP contribution >= 0.6 is 0 Å². The highest BCUT2D eigenvalue weighted by Crippen LogP contribution is 2.11. The zero-order valence-electron chi connectivity index (χ0n) is 12.2. The van der Waals surface area contributed by atoms with E-state index in [-0.39, 0.29) is 13.2 Å². The lowest BCUT2D eigenvalue weighted by molar-refractivity contribution is -0.133. The molecule has 0 radical (unpaired) electrons. The van der Waals surface area contributed by atoms with Gasteiger partial charge >= 0.3 is 12.1 Å². The molecule has 0 aliphatic rings. The predicted molar refractivity (Wildman–Crippen MR) is 81.4 cm³/mol. The Morgan fingerprint density at radius 3 is 2.36 bits per heavy atom. The van der Waals surface area contributed by atoms with Crippen molar-refractivity contribution in [2.45, 2.75) is 13.5 Å². The number of hydrogen-bond acceptors (Lipinski definition) is 4. The molecule has 0 saturated carbocycles. The highest BCUT2D eigenvalue weighted by atomic mass is 16.6. The summed E-state index contributed by atoms with van der Waals surface area (Å²) in [5, 5.41) is 2.35. The number of esters is 1. The van der Waals surface area contributed by atoms with Crippen molar-refractivity contribution in [3.63, 3.8) is 0 Å². The zero-order valence-corrected chi connectivity index (χ0v) is 12.2. The molecule has 0 saturated heterocycles. The Morgan fingerprint density at radius 1 is 1.00 bits per heavy atom. The van der Waals surface area contributed by atoms with E-state index < -0.39 is 12.1 Å². The minimum atomic E-state index is -0.662. The monoisotopic (exact) mass is 299 g/mol. The van der Waals surface area contributed by atoms with Crippen LogP contribution in [0, 0.1) is 6.92 Å². The van der Waals surface area contributed by atoms with Crippen LogP contribution in [0.25, 0.3) is 0 Å². The molecule has 2 rings (SSSR count). The maximum atomic E-state index is 11.6. The summed E-state index contributed by atoms with van der Waals surface area (Å²) < 4.78 is 10.1. The number of carbonyl (C=O) groups is 2. The van der Waals surface area contributed by atoms with Gasteiger partial charge in [0.25, 0.3) is 0 Å². The van der Waals surface area contributed by atoms with Gasteiger partial charge in [-0.2, -0.15) is 0 Å². The molecule has 0 aromatic heterocycles. The van der Waals surface area contributed by atoms with Crippen molar-refractivity contribution in [1.82, 2.24) is 5.32 Å². The Labute approximate surface area is 128 Å². The van der Waals surface area contributed by atoms with Crippen LogP contribution in [0.1, 0.15) is 11.1 Å². The van der Waals surface area contributed by atoms with Crippen molar-refractivity contribution in [1.29, 1.82) is 0 Å². The molecular formula is C17H17NO4. The number of rotatable bonds is 5. The second-order valence-corrected chi connectivity index (χ2v) is 4.70. The summed E-state index contributed by atoms with van der Waals surface area (Å²) in [5.41, 5.74) is 1.95. The molecule has 0 heterocycles. The highest BCUT2D eigenvalue weighted by molar-refractivity contribution is 5.79. The van der Waals surface area contributed by atoms with E-state index in [4.69, 9.17) is 9.47 Å². The summed E-state index contributed by atoms with van der Waals surface area (Å²) in [7, 11) is 0. The van der Waals surface area contributed by atoms with E-state index in [0.29, 0.717) is 5.75 Å². The van der Waals surface area contributed by atoms with Crippen molar-refractivity contribution >= 4 is 12.1 Å². The van der Waals surface area contributed by atoms with Crippen molar-refractivity contribution in [2.75, 3.05) is 6.54 Å². The summed E-state index contributed by atoms with van der Waals surface area (Å²) in [6.45, 7) is 1.84. The minimum absolute atomic E-state index is 0.152. The molecule has 1 N–H and O–H groups in total. The average molecular weight is 299 g/mol. The molecule has 2 aromatic rings. The number of amides is 1. The minimum Gasteiger partial charge on any atom is -0.445 e. The molecule has 2 aromatic carbocycles. The molecule has 5 heteroatoms. The van der Waals surface area contributed by atoms with Crippen LogP contribution in [0.4, 0.5) is 4.79 Å². The fourth-order valence-corrected chi connectivity index (χ4v) is 1.69. The number of hydrogen-bond donors (Lipinski definition) is 1. The van der Waals surface area contributed by atoms with Crippen LogP contribution in [-0.2, 0) is 16.1 Å². The summed E-state index contributed by atoms with van der Waals surface area (Å²) in [6, 6.07) is 16.4. The van der Waals surface area contributed by atoms with E-state index in [1.807, 2.05) is 49.4 Å². The van der Waals surface area contributed by atoms with E-state index in [0.717, 1.165) is 11.1 Å². The van der Waals surface area contributed by atoms with Crippen LogP contribution < -0.4 is 10.1 Å². The highest BCUT2D eigenvalue weighted by Gasteiger charge is 2.08. The van der Waals surface area contributed by atoms with Crippen molar-refractivity contribution in [3.8, 4) is 5.75 Å². The van der Waals surface area contributed by atoms with E-state index in [1.165, 1.54) is 0 Å². The maximum Gasteiger partial charge on any atom is 0.407 e. The molecule has 0 spiro atoms. The van der Waals surface area contributed by atoms with Crippen molar-refractivity contribution < 1.29 is 19.1 Å². The van der Waals surface area contributed by atoms with E-state index in [2.05, 4.69) is 5.32 Å². The Balaban J connectivity index is 1.69. The van der Waals surface area contributed by atoms with E-state index >= 15 is 0 Å². The first-order valence-corrected chi connectivity index (χ1v) is 6.85. The van der Waals surface area contributed by atoms with Crippen LogP contribution in [-0.4, -0.2) is 18.6 Å². The van der Waals surface area contributed by atoms with Gasteiger partial charge in [-0.15, -0.1) is 0 Å². The van der Waals surface area contributed by atoms with Crippen LogP contribution in [0.2, 0.25) is 0 Å². The Hall–Kier alpha value is -2.82. The topological polar surface area (TPSA) is 64.6 Å². The first kappa shape index (κ1) is 15.6. The molecule has 1 amide bonds. The van der Waals surface area contributed by atoms with Gasteiger partial charge in [0.15, 0.2) is 0 Å². The first-order chi connectivity index (χ1) is 10.6. The van der Waals surface area contributed by atoms with Gasteiger partial charge in [0.2, 0.25) is 0 Å². The van der Waals surface area contributed by atoms with Crippen LogP contribution in [0.5, 0.6) is 5.75 Å². The van der Waals surface area contributed by atoms with E-state index in [9.17, 15) is 9.59 Å². The predicted octanol–water partition coefficient (Wildman–Crippen LogP) is 2.83. The van der Waals surface area contributed by atoms with Gasteiger partial charge in [-0.25, -0.2) is 9.59 Å². The fraction of sp³-hybridized carbons (Fsp3) is 0.176. The van der Waals surface area contributed by atoms with Gasteiger partial charge in [0.1, 0.15) is 18.9 Å². The van der Waals surface area contributed by atoms with Gasteiger partial charge in [-0.05, 0) is 24.6 Å². The number of nitrogens with one attached hydrogen (secondary N) is 1. The summed E-state index contributed by atoms with van der Waals surface area (Å²) in [4.78, 5) is 23.1. The quantitative estimate of drug-likeness (QED) is 0.681. The fourth-order valence-electron chi connectivity index (χ4n) is 1.69. The molecule has 0 fully saturated rings. The lowest BCUT2D eigenvalue weighted by Crippen LogP contribution is -2.32. The standard InChI is InChI=1S/C17H17NO4/c1-13-7-9-15(10-8-13)22-16(19)11-18-17(20)21-12-14-5-3-2-4-6-14/h2-10H,11-12H2,1H3,(H,18,20). The van der Waals surface area contributed by atoms with Crippen molar-refractivity contribution in [3.05, 3.63) is 65.7 Å². The average Bonchev–Trinajstić information content (AvgIpc) is 2.54. The Bertz CT molecular complexity index is 623. The lowest BCUT2D eigenvalue weighted by Gasteiger charge is -2.07. The third-order valence-electron chi connectivity index (χ3n) is 2.84. The van der Waals surface area contributed by atoms with Gasteiger partial charge < -0.3 is 14.8 Å². The number of ether oxygens (including phenoxy) is 2. The molecular weight excluding hydrogens is 282 g/mol. The number of benzene rings is 2. The number of aryl methyl sites for hydroxylation is 1. The maximum absolute atomic E-state index is 11.6. The molecule has 0 aliphatic carbocycles. The van der Waals surface area contributed by atoms with Gasteiger partial charge in [0, 0.05) is 0 Å². The molecule has 0 bridgehead atoms. The van der Waals surface area contributed by atoms with Gasteiger partial charge in [0.05, 0.1) is 0 Å². The summed E-state index contributed by atoms with van der Waals surface area (Å²) >= 11 is 0. The van der Waals surface area contributed by atoms with Crippen LogP contribution in [0.15, 0.2) is 54.6 Å². The Kier molecular flexibility index (Phi) is 5.54. The molecule has 0 unspecified atom stereocenters. The molecule has 0 atom stereocenters. The smallest absolute Gasteiger partial charge is 0.407 e. The van der Waals surface area contributed by atoms with Crippen molar-refractivity contribution in [2.24, 2.45) is 0 Å². The number of carbonyl (C=O) groups excluding carboxylic acids is 2. The van der Waals surface area contributed by atoms with E-state index in [1.54, 1.807) is 12.1 Å². The molecule has 0 aliphatic heterocycles. The summed E-state index contributed by atoms with van der Waals surface area (Å²) in [5.74, 6) is -0.115. The second-order valence-electron chi connectivity index (χ2n) is 4.70. The zero-order chi connectivity index (χ0) is 15.8. The number of alkyl carbamates (subject to hydrolysis) is 1. The summed E-state index contributed by atoms with van der Waals surface area (Å²) in [6.07, 6.45) is -0.662. The largest absolute Gasteiger partial charge is 0.445 e. The van der Waals surface area contributed by atoms with Gasteiger partial charge in [-0.3, -0.25) is 0 Å². The normalized spacial score (nSPS) is 9.86. The SMILES string of the molecule is Cc1ccc(OC(=O)CNC(=O)OCc2ccccc2)cc1. The molecule has 22 heavy (non-hydrogen) atoms. The third kappa shape index (κ3) is 5.28. The Morgan fingerprint density at radius 2 is 1.68 bits per heavy atom. The second kappa shape index (κ2) is 7.83. The van der Waals surface area contributed by atoms with Crippen LogP contribution in [0.3, 0.4) is 0 Å². The van der Waals surface area contributed by atoms with Gasteiger partial charge in [-0.1, -0.05) is 48.0 Å².